The summed E-state index contributed by atoms with van der Waals surface area (Å²) in [6, 6.07) is 0. The number of hydrogen-bond donors (Lipinski definition) is 0. The van der Waals surface area contributed by atoms with Crippen LogP contribution in [-0.2, 0) is 0 Å². The third kappa shape index (κ3) is 7.16. The monoisotopic (exact) mass is 164 g/mol. The van der Waals surface area contributed by atoms with Gasteiger partial charge in [0.25, 0.3) is 0 Å². The van der Waals surface area contributed by atoms with Crippen molar-refractivity contribution >= 4 is 0 Å². The lowest BCUT2D eigenvalue weighted by Gasteiger charge is -2.04. The van der Waals surface area contributed by atoms with Crippen LogP contribution in [0.1, 0.15) is 19.8 Å². The summed E-state index contributed by atoms with van der Waals surface area (Å²) in [5.74, 6) is 0. The van der Waals surface area contributed by atoms with Crippen molar-refractivity contribution in [3.63, 3.8) is 0 Å². The normalized spacial score (nSPS) is 13.3. The fourth-order valence-electron chi connectivity index (χ4n) is 0.623. The quantitative estimate of drug-likeness (QED) is 0.560. The summed E-state index contributed by atoms with van der Waals surface area (Å²) < 4.78 is 34.8. The Morgan fingerprint density at radius 2 is 2.00 bits per heavy atom. The van der Waals surface area contributed by atoms with Crippen molar-refractivity contribution in [2.45, 2.75) is 25.9 Å². The number of allylic oxidation sites excluding steroid dienone is 3. The third-order valence-electron chi connectivity index (χ3n) is 1.21. The van der Waals surface area contributed by atoms with E-state index in [-0.39, 0.29) is 6.42 Å². The second kappa shape index (κ2) is 4.21. The van der Waals surface area contributed by atoms with Crippen molar-refractivity contribution in [2.75, 3.05) is 0 Å². The minimum Gasteiger partial charge on any atom is -0.171 e. The summed E-state index contributed by atoms with van der Waals surface area (Å²) in [6.07, 6.45) is -1.65. The second-order valence-corrected chi connectivity index (χ2v) is 2.36. The van der Waals surface area contributed by atoms with E-state index in [4.69, 9.17) is 0 Å². The van der Waals surface area contributed by atoms with Gasteiger partial charge in [-0.2, -0.15) is 13.2 Å². The molecule has 0 aliphatic rings. The molecule has 0 aromatic rings. The molecule has 0 nitrogen and oxygen atoms in total. The van der Waals surface area contributed by atoms with Gasteiger partial charge in [0.1, 0.15) is 0 Å². The van der Waals surface area contributed by atoms with E-state index >= 15 is 0 Å². The van der Waals surface area contributed by atoms with Crippen LogP contribution >= 0.6 is 0 Å². The molecule has 0 fully saturated rings. The van der Waals surface area contributed by atoms with Gasteiger partial charge in [0.15, 0.2) is 0 Å². The third-order valence-corrected chi connectivity index (χ3v) is 1.21. The molecule has 11 heavy (non-hydrogen) atoms. The molecule has 0 aliphatic carbocycles. The van der Waals surface area contributed by atoms with E-state index in [0.29, 0.717) is 5.57 Å². The van der Waals surface area contributed by atoms with E-state index in [0.717, 1.165) is 0 Å². The first kappa shape index (κ1) is 10.3. The zero-order chi connectivity index (χ0) is 8.91. The highest BCUT2D eigenvalue weighted by atomic mass is 19.4. The van der Waals surface area contributed by atoms with Crippen LogP contribution in [0.3, 0.4) is 0 Å². The molecule has 0 aromatic heterocycles. The summed E-state index contributed by atoms with van der Waals surface area (Å²) in [7, 11) is 0. The smallest absolute Gasteiger partial charge is 0.171 e. The van der Waals surface area contributed by atoms with Crippen LogP contribution < -0.4 is 0 Å². The number of halogens is 3. The largest absolute Gasteiger partial charge is 0.389 e. The van der Waals surface area contributed by atoms with Crippen molar-refractivity contribution in [1.82, 2.24) is 0 Å². The molecule has 0 bridgehead atoms. The van der Waals surface area contributed by atoms with Crippen LogP contribution in [0.15, 0.2) is 24.3 Å². The number of alkyl halides is 3. The van der Waals surface area contributed by atoms with E-state index in [2.05, 4.69) is 6.58 Å². The van der Waals surface area contributed by atoms with E-state index in [1.54, 1.807) is 13.0 Å². The van der Waals surface area contributed by atoms with E-state index in [9.17, 15) is 13.2 Å². The van der Waals surface area contributed by atoms with Gasteiger partial charge in [-0.15, -0.1) is 0 Å². The van der Waals surface area contributed by atoms with E-state index in [1.165, 1.54) is 6.08 Å². The highest BCUT2D eigenvalue weighted by Gasteiger charge is 2.26. The average molecular weight is 164 g/mol. The fourth-order valence-corrected chi connectivity index (χ4v) is 0.623. The molecule has 3 heteroatoms. The predicted molar refractivity (Wildman–Crippen MR) is 39.2 cm³/mol. The maximum absolute atomic E-state index is 11.6. The van der Waals surface area contributed by atoms with Crippen molar-refractivity contribution in [2.24, 2.45) is 0 Å². The molecule has 0 saturated carbocycles. The molecule has 0 aromatic carbocycles. The van der Waals surface area contributed by atoms with Gasteiger partial charge < -0.3 is 0 Å². The number of hydrogen-bond acceptors (Lipinski definition) is 0. The molecule has 0 atom stereocenters. The topological polar surface area (TPSA) is 0 Å². The average Bonchev–Trinajstić information content (AvgIpc) is 1.83. The van der Waals surface area contributed by atoms with Gasteiger partial charge in [-0.05, 0) is 13.3 Å². The first-order chi connectivity index (χ1) is 4.95. The summed E-state index contributed by atoms with van der Waals surface area (Å²) >= 11 is 0. The summed E-state index contributed by atoms with van der Waals surface area (Å²) in [5.41, 5.74) is 0.706. The van der Waals surface area contributed by atoms with Gasteiger partial charge in [0.2, 0.25) is 0 Å². The zero-order valence-electron chi connectivity index (χ0n) is 6.41. The molecular weight excluding hydrogens is 153 g/mol. The lowest BCUT2D eigenvalue weighted by atomic mass is 10.1. The molecule has 0 rings (SSSR count). The summed E-state index contributed by atoms with van der Waals surface area (Å²) in [6.45, 7) is 5.05. The molecule has 0 saturated heterocycles. The minimum absolute atomic E-state index is 0.0650. The lowest BCUT2D eigenvalue weighted by molar-refractivity contribution is -0.133. The molecule has 0 heterocycles. The van der Waals surface area contributed by atoms with Crippen LogP contribution in [0.2, 0.25) is 0 Å². The van der Waals surface area contributed by atoms with Crippen LogP contribution in [0.4, 0.5) is 13.2 Å². The lowest BCUT2D eigenvalue weighted by Crippen LogP contribution is -2.06. The van der Waals surface area contributed by atoms with Gasteiger partial charge in [-0.1, -0.05) is 24.3 Å². The van der Waals surface area contributed by atoms with Crippen molar-refractivity contribution in [3.8, 4) is 0 Å². The Labute approximate surface area is 64.4 Å². The predicted octanol–water partition coefficient (Wildman–Crippen LogP) is 3.46. The first-order valence-corrected chi connectivity index (χ1v) is 3.30. The van der Waals surface area contributed by atoms with Crippen LogP contribution in [0.5, 0.6) is 0 Å². The van der Waals surface area contributed by atoms with Gasteiger partial charge in [0, 0.05) is 6.42 Å². The highest BCUT2D eigenvalue weighted by Crippen LogP contribution is 2.23. The molecule has 64 valence electrons. The molecule has 0 unspecified atom stereocenters. The molecule has 0 aliphatic heterocycles. The highest BCUT2D eigenvalue weighted by molar-refractivity contribution is 5.07. The van der Waals surface area contributed by atoms with Crippen LogP contribution in [0.25, 0.3) is 0 Å². The Kier molecular flexibility index (Phi) is 3.93. The SMILES string of the molecule is C=CC=C(C)CCC(F)(F)F. The van der Waals surface area contributed by atoms with Gasteiger partial charge in [-0.3, -0.25) is 0 Å². The Hall–Kier alpha value is -0.730. The molecule has 0 N–H and O–H groups in total. The molecule has 0 radical (unpaired) electrons. The standard InChI is InChI=1S/C8H11F3/c1-3-4-7(2)5-6-8(9,10)11/h3-4H,1,5-6H2,2H3. The minimum atomic E-state index is -4.05. The zero-order valence-corrected chi connectivity index (χ0v) is 6.41. The Morgan fingerprint density at radius 1 is 1.45 bits per heavy atom. The van der Waals surface area contributed by atoms with E-state index in [1.807, 2.05) is 0 Å². The second-order valence-electron chi connectivity index (χ2n) is 2.36. The van der Waals surface area contributed by atoms with Gasteiger partial charge in [0.05, 0.1) is 0 Å². The van der Waals surface area contributed by atoms with Crippen molar-refractivity contribution in [3.05, 3.63) is 24.3 Å². The van der Waals surface area contributed by atoms with Crippen molar-refractivity contribution < 1.29 is 13.2 Å². The van der Waals surface area contributed by atoms with Crippen LogP contribution in [0, 0.1) is 0 Å². The Balaban J connectivity index is 3.71. The Bertz CT molecular complexity index is 153. The molecular formula is C8H11F3. The summed E-state index contributed by atoms with van der Waals surface area (Å²) in [5, 5.41) is 0. The van der Waals surface area contributed by atoms with Crippen LogP contribution in [-0.4, -0.2) is 6.18 Å². The molecule has 0 spiro atoms. The number of rotatable bonds is 3. The summed E-state index contributed by atoms with van der Waals surface area (Å²) in [4.78, 5) is 0. The molecule has 0 amide bonds. The Morgan fingerprint density at radius 3 is 2.36 bits per heavy atom. The maximum atomic E-state index is 11.6. The van der Waals surface area contributed by atoms with E-state index < -0.39 is 12.6 Å². The first-order valence-electron chi connectivity index (χ1n) is 3.30. The van der Waals surface area contributed by atoms with Gasteiger partial charge >= 0.3 is 6.18 Å². The van der Waals surface area contributed by atoms with Crippen molar-refractivity contribution in [1.29, 1.82) is 0 Å². The maximum Gasteiger partial charge on any atom is 0.389 e. The fraction of sp³-hybridized carbons (Fsp3) is 0.500. The van der Waals surface area contributed by atoms with Gasteiger partial charge in [-0.25, -0.2) is 0 Å².